The van der Waals surface area contributed by atoms with Gasteiger partial charge in [-0.05, 0) is 37.5 Å². The summed E-state index contributed by atoms with van der Waals surface area (Å²) in [7, 11) is 0. The second kappa shape index (κ2) is 7.33. The van der Waals surface area contributed by atoms with E-state index in [1.165, 1.54) is 64.2 Å². The molecule has 3 rings (SSSR count). The minimum Gasteiger partial charge on any atom is -0.353 e. The molecule has 2 saturated carbocycles. The van der Waals surface area contributed by atoms with Crippen molar-refractivity contribution in [2.75, 3.05) is 5.32 Å². The summed E-state index contributed by atoms with van der Waals surface area (Å²) in [4.78, 5) is 4.56. The van der Waals surface area contributed by atoms with Crippen LogP contribution in [0.25, 0.3) is 0 Å². The van der Waals surface area contributed by atoms with Gasteiger partial charge in [-0.3, -0.25) is 0 Å². The van der Waals surface area contributed by atoms with Crippen LogP contribution in [0, 0.1) is 11.8 Å². The molecule has 0 spiro atoms. The fraction of sp³-hybridized carbons (Fsp3) is 0.833. The lowest BCUT2D eigenvalue weighted by atomic mass is 9.81. The molecule has 0 radical (unpaired) electrons. The van der Waals surface area contributed by atoms with Crippen LogP contribution in [0.3, 0.4) is 0 Å². The molecule has 0 unspecified atom stereocenters. The van der Waals surface area contributed by atoms with Gasteiger partial charge in [0.15, 0.2) is 0 Å². The fourth-order valence-electron chi connectivity index (χ4n) is 4.13. The summed E-state index contributed by atoms with van der Waals surface area (Å²) in [6.45, 7) is 3.50. The van der Waals surface area contributed by atoms with Crippen molar-refractivity contribution in [3.05, 3.63) is 12.4 Å². The summed E-state index contributed by atoms with van der Waals surface area (Å²) in [5.74, 6) is 2.96. The van der Waals surface area contributed by atoms with Crippen molar-refractivity contribution >= 4 is 5.95 Å². The zero-order valence-corrected chi connectivity index (χ0v) is 13.6. The third-order valence-corrected chi connectivity index (χ3v) is 5.65. The third kappa shape index (κ3) is 4.02. The van der Waals surface area contributed by atoms with Gasteiger partial charge < -0.3 is 9.88 Å². The third-order valence-electron chi connectivity index (χ3n) is 5.65. The lowest BCUT2D eigenvalue weighted by molar-refractivity contribution is 0.248. The van der Waals surface area contributed by atoms with Crippen LogP contribution < -0.4 is 5.32 Å². The van der Waals surface area contributed by atoms with Crippen LogP contribution in [0.4, 0.5) is 5.95 Å². The molecule has 21 heavy (non-hydrogen) atoms. The van der Waals surface area contributed by atoms with Crippen molar-refractivity contribution in [2.45, 2.75) is 83.7 Å². The number of nitrogens with one attached hydrogen (secondary N) is 1. The van der Waals surface area contributed by atoms with Gasteiger partial charge in [0.25, 0.3) is 0 Å². The highest BCUT2D eigenvalue weighted by Crippen LogP contribution is 2.32. The first-order chi connectivity index (χ1) is 10.3. The van der Waals surface area contributed by atoms with Crippen LogP contribution in [-0.2, 0) is 6.54 Å². The van der Waals surface area contributed by atoms with E-state index in [2.05, 4.69) is 28.0 Å². The molecule has 1 aromatic heterocycles. The molecule has 1 heterocycles. The number of hydrogen-bond acceptors (Lipinski definition) is 2. The van der Waals surface area contributed by atoms with Crippen LogP contribution in [0.15, 0.2) is 12.4 Å². The van der Waals surface area contributed by atoms with Crippen molar-refractivity contribution in [1.82, 2.24) is 9.55 Å². The van der Waals surface area contributed by atoms with Gasteiger partial charge in [-0.2, -0.15) is 0 Å². The van der Waals surface area contributed by atoms with Crippen molar-refractivity contribution in [3.8, 4) is 0 Å². The van der Waals surface area contributed by atoms with E-state index in [9.17, 15) is 0 Å². The number of rotatable bonds is 5. The van der Waals surface area contributed by atoms with Crippen LogP contribution in [0.1, 0.15) is 71.1 Å². The molecule has 0 atom stereocenters. The zero-order valence-electron chi connectivity index (χ0n) is 13.6. The van der Waals surface area contributed by atoms with Crippen LogP contribution in [0.2, 0.25) is 0 Å². The van der Waals surface area contributed by atoms with E-state index >= 15 is 0 Å². The van der Waals surface area contributed by atoms with Gasteiger partial charge in [0.1, 0.15) is 0 Å². The Balaban J connectivity index is 1.53. The molecule has 1 aromatic rings. The average Bonchev–Trinajstić information content (AvgIpc) is 2.96. The number of imidazole rings is 1. The summed E-state index contributed by atoms with van der Waals surface area (Å²) >= 11 is 0. The Labute approximate surface area is 129 Å². The van der Waals surface area contributed by atoms with Gasteiger partial charge in [-0.25, -0.2) is 4.98 Å². The number of anilines is 1. The van der Waals surface area contributed by atoms with E-state index in [0.29, 0.717) is 6.04 Å². The first kappa shape index (κ1) is 14.9. The number of hydrogen-bond donors (Lipinski definition) is 1. The predicted molar refractivity (Wildman–Crippen MR) is 88.5 cm³/mol. The Morgan fingerprint density at radius 2 is 1.76 bits per heavy atom. The van der Waals surface area contributed by atoms with Crippen LogP contribution >= 0.6 is 0 Å². The van der Waals surface area contributed by atoms with Gasteiger partial charge in [-0.1, -0.05) is 45.4 Å². The van der Waals surface area contributed by atoms with Gasteiger partial charge >= 0.3 is 0 Å². The fourth-order valence-corrected chi connectivity index (χ4v) is 4.13. The molecule has 3 nitrogen and oxygen atoms in total. The molecule has 0 aliphatic heterocycles. The molecule has 0 bridgehead atoms. The molecule has 2 aliphatic carbocycles. The van der Waals surface area contributed by atoms with Crippen LogP contribution in [0.5, 0.6) is 0 Å². The van der Waals surface area contributed by atoms with Crippen LogP contribution in [-0.4, -0.2) is 15.6 Å². The molecular formula is C18H31N3. The van der Waals surface area contributed by atoms with E-state index in [1.807, 2.05) is 6.20 Å². The first-order valence-corrected chi connectivity index (χ1v) is 9.12. The summed E-state index contributed by atoms with van der Waals surface area (Å²) in [5.41, 5.74) is 0. The Morgan fingerprint density at radius 1 is 1.05 bits per heavy atom. The minimum atomic E-state index is 0.649. The lowest BCUT2D eigenvalue weighted by Crippen LogP contribution is -2.25. The van der Waals surface area contributed by atoms with E-state index in [1.54, 1.807) is 0 Å². The van der Waals surface area contributed by atoms with Crippen molar-refractivity contribution < 1.29 is 0 Å². The highest BCUT2D eigenvalue weighted by Gasteiger charge is 2.21. The normalized spacial score (nSPS) is 27.7. The smallest absolute Gasteiger partial charge is 0.202 e. The Hall–Kier alpha value is -0.990. The van der Waals surface area contributed by atoms with E-state index < -0.39 is 0 Å². The second-order valence-electron chi connectivity index (χ2n) is 7.18. The van der Waals surface area contributed by atoms with Gasteiger partial charge in [0.2, 0.25) is 5.95 Å². The molecule has 1 N–H and O–H groups in total. The van der Waals surface area contributed by atoms with E-state index in [0.717, 1.165) is 24.3 Å². The quantitative estimate of drug-likeness (QED) is 0.840. The zero-order chi connectivity index (χ0) is 14.5. The molecule has 0 amide bonds. The highest BCUT2D eigenvalue weighted by atomic mass is 15.2. The molecule has 118 valence electrons. The van der Waals surface area contributed by atoms with Gasteiger partial charge in [-0.15, -0.1) is 0 Å². The largest absolute Gasteiger partial charge is 0.353 e. The maximum Gasteiger partial charge on any atom is 0.202 e. The maximum atomic E-state index is 4.56. The van der Waals surface area contributed by atoms with E-state index in [-0.39, 0.29) is 0 Å². The molecule has 2 fully saturated rings. The molecule has 2 aliphatic rings. The standard InChI is InChI=1S/C18H31N3/c1-2-15-8-10-16(11-9-15)14-21-13-12-19-18(21)20-17-6-4-3-5-7-17/h12-13,15-17H,2-11,14H2,1H3,(H,19,20). The van der Waals surface area contributed by atoms with E-state index in [4.69, 9.17) is 0 Å². The molecule has 0 saturated heterocycles. The molecule has 0 aromatic carbocycles. The molecular weight excluding hydrogens is 258 g/mol. The Kier molecular flexibility index (Phi) is 5.21. The first-order valence-electron chi connectivity index (χ1n) is 9.12. The number of nitrogens with zero attached hydrogens (tertiary/aromatic N) is 2. The summed E-state index contributed by atoms with van der Waals surface area (Å²) in [5, 5.41) is 3.69. The van der Waals surface area contributed by atoms with Gasteiger partial charge in [0.05, 0.1) is 0 Å². The van der Waals surface area contributed by atoms with Crippen molar-refractivity contribution in [1.29, 1.82) is 0 Å². The summed E-state index contributed by atoms with van der Waals surface area (Å²) in [6.07, 6.45) is 17.9. The summed E-state index contributed by atoms with van der Waals surface area (Å²) < 4.78 is 2.37. The SMILES string of the molecule is CCC1CCC(Cn2ccnc2NC2CCCCC2)CC1. The van der Waals surface area contributed by atoms with Gasteiger partial charge in [0, 0.05) is 25.0 Å². The lowest BCUT2D eigenvalue weighted by Gasteiger charge is -2.29. The second-order valence-corrected chi connectivity index (χ2v) is 7.18. The number of aromatic nitrogens is 2. The average molecular weight is 289 g/mol. The van der Waals surface area contributed by atoms with Crippen molar-refractivity contribution in [2.24, 2.45) is 11.8 Å². The Bertz CT molecular complexity index is 412. The predicted octanol–water partition coefficient (Wildman–Crippen LogP) is 4.84. The minimum absolute atomic E-state index is 0.649. The summed E-state index contributed by atoms with van der Waals surface area (Å²) in [6, 6.07) is 0.649. The monoisotopic (exact) mass is 289 g/mol. The molecule has 3 heteroatoms. The Morgan fingerprint density at radius 3 is 2.48 bits per heavy atom. The van der Waals surface area contributed by atoms with Crippen molar-refractivity contribution in [3.63, 3.8) is 0 Å². The maximum absolute atomic E-state index is 4.56. The highest BCUT2D eigenvalue weighted by molar-refractivity contribution is 5.27. The topological polar surface area (TPSA) is 29.9 Å².